The van der Waals surface area contributed by atoms with Crippen molar-refractivity contribution in [1.29, 1.82) is 0 Å². The van der Waals surface area contributed by atoms with Crippen molar-refractivity contribution in [3.8, 4) is 0 Å². The molecule has 0 aliphatic carbocycles. The molecule has 0 fully saturated rings. The summed E-state index contributed by atoms with van der Waals surface area (Å²) in [5, 5.41) is 0. The van der Waals surface area contributed by atoms with Gasteiger partial charge in [0, 0.05) is 0 Å². The molecule has 0 aromatic heterocycles. The average molecular weight is 326 g/mol. The second-order valence-electron chi connectivity index (χ2n) is 3.95. The molecule has 0 aromatic rings. The Hall–Kier alpha value is 0.0500. The molecule has 17 heavy (non-hydrogen) atoms. The van der Waals surface area contributed by atoms with Crippen LogP contribution in [-0.4, -0.2) is 37.0 Å². The third-order valence-corrected chi connectivity index (χ3v) is 2.74. The van der Waals surface area contributed by atoms with Crippen molar-refractivity contribution in [3.05, 3.63) is 0 Å². The Morgan fingerprint density at radius 3 is 2.53 bits per heavy atom. The molecular formula is C7H11Cl3N2O4S. The molecule has 0 saturated carbocycles. The molecule has 1 rings (SSSR count). The van der Waals surface area contributed by atoms with E-state index in [1.165, 1.54) is 0 Å². The molecule has 1 heterocycles. The predicted octanol–water partition coefficient (Wildman–Crippen LogP) is 1.37. The predicted molar refractivity (Wildman–Crippen MR) is 65.8 cm³/mol. The molecule has 0 atom stereocenters. The van der Waals surface area contributed by atoms with Gasteiger partial charge < -0.3 is 4.74 Å². The summed E-state index contributed by atoms with van der Waals surface area (Å²) < 4.78 is 32.4. The minimum Gasteiger partial charge on any atom is -0.462 e. The number of halogens is 3. The molecule has 100 valence electrons. The molecule has 1 aliphatic heterocycles. The van der Waals surface area contributed by atoms with E-state index in [0.29, 0.717) is 0 Å². The van der Waals surface area contributed by atoms with Crippen LogP contribution in [0.3, 0.4) is 0 Å². The van der Waals surface area contributed by atoms with Gasteiger partial charge in [-0.3, -0.25) is 0 Å². The largest absolute Gasteiger partial charge is 0.462 e. The van der Waals surface area contributed by atoms with Gasteiger partial charge in [-0.2, -0.15) is 8.42 Å². The maximum atomic E-state index is 11.4. The zero-order valence-electron chi connectivity index (χ0n) is 9.04. The van der Waals surface area contributed by atoms with Crippen LogP contribution in [0.2, 0.25) is 0 Å². The number of hydrogen-bond donors (Lipinski definition) is 1. The van der Waals surface area contributed by atoms with E-state index in [-0.39, 0.29) is 12.6 Å². The van der Waals surface area contributed by atoms with Crippen LogP contribution in [0.15, 0.2) is 4.99 Å². The highest BCUT2D eigenvalue weighted by Gasteiger charge is 2.30. The van der Waals surface area contributed by atoms with Crippen molar-refractivity contribution in [1.82, 2.24) is 4.72 Å². The maximum absolute atomic E-state index is 11.4. The van der Waals surface area contributed by atoms with Crippen LogP contribution in [0.5, 0.6) is 0 Å². The molecule has 0 aromatic carbocycles. The molecule has 0 radical (unpaired) electrons. The molecule has 0 bridgehead atoms. The molecule has 0 spiro atoms. The lowest BCUT2D eigenvalue weighted by Gasteiger charge is -2.11. The number of aliphatic imine (C=N–C) groups is 1. The zero-order valence-corrected chi connectivity index (χ0v) is 12.1. The lowest BCUT2D eigenvalue weighted by atomic mass is 10.1. The van der Waals surface area contributed by atoms with Crippen molar-refractivity contribution in [2.75, 3.05) is 13.2 Å². The average Bonchev–Trinajstić information content (AvgIpc) is 2.40. The molecule has 10 heteroatoms. The first kappa shape index (κ1) is 15.1. The van der Waals surface area contributed by atoms with Gasteiger partial charge in [0.05, 0.1) is 5.54 Å². The summed E-state index contributed by atoms with van der Waals surface area (Å²) in [6.45, 7) is 3.24. The van der Waals surface area contributed by atoms with Crippen molar-refractivity contribution in [3.63, 3.8) is 0 Å². The number of nitrogens with zero attached hydrogens (tertiary/aromatic N) is 1. The van der Waals surface area contributed by atoms with E-state index in [0.717, 1.165) is 0 Å². The summed E-state index contributed by atoms with van der Waals surface area (Å²) in [5.41, 5.74) is -0.479. The lowest BCUT2D eigenvalue weighted by Crippen LogP contribution is -2.34. The highest BCUT2D eigenvalue weighted by atomic mass is 35.6. The van der Waals surface area contributed by atoms with E-state index in [1.54, 1.807) is 13.8 Å². The Morgan fingerprint density at radius 2 is 2.12 bits per heavy atom. The van der Waals surface area contributed by atoms with Gasteiger partial charge in [0.1, 0.15) is 13.2 Å². The first-order valence-electron chi connectivity index (χ1n) is 4.46. The molecule has 1 aliphatic rings. The van der Waals surface area contributed by atoms with Crippen LogP contribution in [-0.2, 0) is 19.2 Å². The fourth-order valence-corrected chi connectivity index (χ4v) is 1.98. The molecule has 0 unspecified atom stereocenters. The second kappa shape index (κ2) is 4.97. The van der Waals surface area contributed by atoms with Crippen molar-refractivity contribution < 1.29 is 17.3 Å². The number of amidine groups is 1. The minimum atomic E-state index is -4.11. The van der Waals surface area contributed by atoms with E-state index >= 15 is 0 Å². The quantitative estimate of drug-likeness (QED) is 0.795. The summed E-state index contributed by atoms with van der Waals surface area (Å²) in [4.78, 5) is 3.98. The summed E-state index contributed by atoms with van der Waals surface area (Å²) >= 11 is 16.1. The number of nitrogens with one attached hydrogen (secondary N) is 1. The van der Waals surface area contributed by atoms with Gasteiger partial charge in [-0.15, -0.1) is 0 Å². The number of ether oxygens (including phenoxy) is 1. The summed E-state index contributed by atoms with van der Waals surface area (Å²) in [5.74, 6) is 0. The third-order valence-electron chi connectivity index (χ3n) is 1.56. The minimum absolute atomic E-state index is 0.140. The van der Waals surface area contributed by atoms with Crippen molar-refractivity contribution in [2.24, 2.45) is 4.99 Å². The van der Waals surface area contributed by atoms with E-state index in [4.69, 9.17) is 39.5 Å². The van der Waals surface area contributed by atoms with E-state index in [2.05, 4.69) is 9.18 Å². The highest BCUT2D eigenvalue weighted by Crippen LogP contribution is 2.26. The number of hydrogen-bond acceptors (Lipinski definition) is 5. The van der Waals surface area contributed by atoms with Crippen LogP contribution in [0, 0.1) is 0 Å². The van der Waals surface area contributed by atoms with Gasteiger partial charge in [0.25, 0.3) is 0 Å². The molecular weight excluding hydrogens is 315 g/mol. The van der Waals surface area contributed by atoms with E-state index < -0.39 is 26.2 Å². The Kier molecular flexibility index (Phi) is 4.42. The van der Waals surface area contributed by atoms with E-state index in [9.17, 15) is 8.42 Å². The van der Waals surface area contributed by atoms with Gasteiger partial charge in [-0.1, -0.05) is 34.8 Å². The van der Waals surface area contributed by atoms with Crippen LogP contribution in [0.4, 0.5) is 0 Å². The molecule has 0 saturated heterocycles. The third kappa shape index (κ3) is 5.96. The normalized spacial score (nSPS) is 19.7. The first-order valence-corrected chi connectivity index (χ1v) is 7.00. The lowest BCUT2D eigenvalue weighted by molar-refractivity contribution is 0.270. The first-order chi connectivity index (χ1) is 7.49. The molecule has 6 nitrogen and oxygen atoms in total. The fourth-order valence-electron chi connectivity index (χ4n) is 0.917. The standard InChI is InChI=1S/C7H11Cl3N2O4S/c1-6(2)3-15-5(11-6)12-17(13,14)16-4-7(8,9)10/h3-4H2,1-2H3,(H,11,12). The monoisotopic (exact) mass is 324 g/mol. The van der Waals surface area contributed by atoms with Gasteiger partial charge in [0.15, 0.2) is 0 Å². The van der Waals surface area contributed by atoms with E-state index in [1.807, 2.05) is 4.72 Å². The molecule has 0 amide bonds. The van der Waals surface area contributed by atoms with Gasteiger partial charge in [-0.25, -0.2) is 13.9 Å². The summed E-state index contributed by atoms with van der Waals surface area (Å²) in [6, 6.07) is -0.140. The van der Waals surface area contributed by atoms with Crippen molar-refractivity contribution >= 4 is 51.1 Å². The van der Waals surface area contributed by atoms with Gasteiger partial charge in [0.2, 0.25) is 3.79 Å². The zero-order chi connectivity index (χ0) is 13.3. The second-order valence-corrected chi connectivity index (χ2v) is 7.82. The Morgan fingerprint density at radius 1 is 1.53 bits per heavy atom. The van der Waals surface area contributed by atoms with Gasteiger partial charge >= 0.3 is 16.3 Å². The Balaban J connectivity index is 2.57. The topological polar surface area (TPSA) is 77.0 Å². The van der Waals surface area contributed by atoms with Crippen LogP contribution >= 0.6 is 34.8 Å². The maximum Gasteiger partial charge on any atom is 0.363 e. The number of alkyl halides is 3. The highest BCUT2D eigenvalue weighted by molar-refractivity contribution is 7.85. The van der Waals surface area contributed by atoms with Gasteiger partial charge in [-0.05, 0) is 13.8 Å². The summed E-state index contributed by atoms with van der Waals surface area (Å²) in [6.07, 6.45) is 0. The fraction of sp³-hybridized carbons (Fsp3) is 0.857. The smallest absolute Gasteiger partial charge is 0.363 e. The molecule has 1 N–H and O–H groups in total. The summed E-state index contributed by atoms with van der Waals surface area (Å²) in [7, 11) is -4.11. The van der Waals surface area contributed by atoms with Crippen LogP contribution < -0.4 is 4.72 Å². The number of rotatable bonds is 3. The van der Waals surface area contributed by atoms with Crippen LogP contribution in [0.1, 0.15) is 13.8 Å². The van der Waals surface area contributed by atoms with Crippen molar-refractivity contribution in [2.45, 2.75) is 23.2 Å². The van der Waals surface area contributed by atoms with Crippen LogP contribution in [0.25, 0.3) is 0 Å². The Labute approximate surface area is 114 Å². The SMILES string of the molecule is CC1(C)COC(NS(=O)(=O)OCC(Cl)(Cl)Cl)=N1. The Bertz CT molecular complexity index is 415.